The van der Waals surface area contributed by atoms with Crippen molar-refractivity contribution in [2.75, 3.05) is 0 Å². The third kappa shape index (κ3) is 1.81. The lowest BCUT2D eigenvalue weighted by molar-refractivity contribution is 0.553. The van der Waals surface area contributed by atoms with Crippen LogP contribution in [0, 0.1) is 4.51 Å². The maximum Gasteiger partial charge on any atom is 0.272 e. The van der Waals surface area contributed by atoms with E-state index in [1.807, 2.05) is 17.6 Å². The first kappa shape index (κ1) is 10.4. The first-order valence-electron chi connectivity index (χ1n) is 4.84. The molecule has 2 heterocycles. The Hall–Kier alpha value is -1.16. The molecule has 2 rings (SSSR count). The number of fused-ring (bicyclic) bond motifs is 1. The van der Waals surface area contributed by atoms with Crippen LogP contribution in [-0.2, 0) is 5.41 Å². The Morgan fingerprint density at radius 2 is 2.13 bits per heavy atom. The molecule has 1 N–H and O–H groups in total. The molecule has 1 aliphatic rings. The fourth-order valence-corrected chi connectivity index (χ4v) is 2.66. The van der Waals surface area contributed by atoms with Gasteiger partial charge in [-0.3, -0.25) is 4.79 Å². The summed E-state index contributed by atoms with van der Waals surface area (Å²) in [6.07, 6.45) is 3.76. The molecule has 0 radical (unpaired) electrons. The van der Waals surface area contributed by atoms with Crippen molar-refractivity contribution in [2.24, 2.45) is 0 Å². The number of nitrogens with zero attached hydrogens (tertiary/aromatic N) is 1. The van der Waals surface area contributed by atoms with Gasteiger partial charge in [0.05, 0.1) is 10.9 Å². The van der Waals surface area contributed by atoms with Gasteiger partial charge in [-0.25, -0.2) is 5.10 Å². The summed E-state index contributed by atoms with van der Waals surface area (Å²) in [5.74, 6) is 0. The van der Waals surface area contributed by atoms with Gasteiger partial charge in [0.25, 0.3) is 5.56 Å². The number of nitrogens with one attached hydrogen (secondary N) is 1. The Morgan fingerprint density at radius 3 is 2.80 bits per heavy atom. The Balaban J connectivity index is 2.92. The first-order valence-corrected chi connectivity index (χ1v) is 5.80. The number of rotatable bonds is 0. The molecule has 0 saturated heterocycles. The van der Waals surface area contributed by atoms with Gasteiger partial charge in [0.2, 0.25) is 0 Å². The van der Waals surface area contributed by atoms with Crippen LogP contribution < -0.4 is 10.8 Å². The molecule has 1 aliphatic heterocycles. The zero-order valence-electron chi connectivity index (χ0n) is 9.03. The molecule has 0 saturated carbocycles. The van der Waals surface area contributed by atoms with Crippen LogP contribution in [0.2, 0.25) is 0 Å². The van der Waals surface area contributed by atoms with Crippen molar-refractivity contribution in [1.29, 1.82) is 0 Å². The van der Waals surface area contributed by atoms with Crippen molar-refractivity contribution in [3.05, 3.63) is 37.3 Å². The predicted molar refractivity (Wildman–Crippen MR) is 64.6 cm³/mol. The molecule has 0 fully saturated rings. The zero-order valence-corrected chi connectivity index (χ0v) is 9.93. The molecule has 4 heteroatoms. The second-order valence-corrected chi connectivity index (χ2v) is 5.55. The van der Waals surface area contributed by atoms with Gasteiger partial charge >= 0.3 is 0 Å². The van der Waals surface area contributed by atoms with E-state index in [9.17, 15) is 4.79 Å². The van der Waals surface area contributed by atoms with E-state index in [-0.39, 0.29) is 11.0 Å². The van der Waals surface area contributed by atoms with E-state index in [4.69, 9.17) is 0 Å². The highest BCUT2D eigenvalue weighted by atomic mass is 32.1. The van der Waals surface area contributed by atoms with Gasteiger partial charge in [-0.1, -0.05) is 26.8 Å². The number of hydrogen-bond donors (Lipinski definition) is 2. The maximum absolute atomic E-state index is 11.6. The Morgan fingerprint density at radius 1 is 1.40 bits per heavy atom. The van der Waals surface area contributed by atoms with Crippen LogP contribution >= 0.6 is 11.4 Å². The first-order chi connectivity index (χ1) is 7.00. The third-order valence-electron chi connectivity index (χ3n) is 2.26. The summed E-state index contributed by atoms with van der Waals surface area (Å²) in [4.78, 5) is 11.6. The highest BCUT2D eigenvalue weighted by Gasteiger charge is 2.18. The van der Waals surface area contributed by atoms with Gasteiger partial charge in [-0.2, -0.15) is 16.4 Å². The van der Waals surface area contributed by atoms with Crippen molar-refractivity contribution in [1.82, 2.24) is 10.2 Å². The van der Waals surface area contributed by atoms with E-state index in [2.05, 4.69) is 31.0 Å². The van der Waals surface area contributed by atoms with Gasteiger partial charge in [-0.05, 0) is 11.5 Å². The van der Waals surface area contributed by atoms with Crippen LogP contribution in [0.15, 0.2) is 16.3 Å². The van der Waals surface area contributed by atoms with Crippen molar-refractivity contribution >= 4 is 17.4 Å². The molecule has 0 atom stereocenters. The van der Waals surface area contributed by atoms with Crippen LogP contribution in [-0.4, -0.2) is 10.2 Å². The van der Waals surface area contributed by atoms with Crippen molar-refractivity contribution in [3.63, 3.8) is 0 Å². The molecule has 0 unspecified atom stereocenters. The van der Waals surface area contributed by atoms with E-state index in [0.717, 1.165) is 26.8 Å². The highest BCUT2D eigenvalue weighted by Crippen LogP contribution is 2.20. The molecule has 0 aromatic carbocycles. The summed E-state index contributed by atoms with van der Waals surface area (Å²) in [7, 11) is 0. The van der Waals surface area contributed by atoms with E-state index in [1.54, 1.807) is 0 Å². The van der Waals surface area contributed by atoms with Gasteiger partial charge in [0.15, 0.2) is 0 Å². The number of H-pyrrole nitrogens is 1. The van der Waals surface area contributed by atoms with Crippen molar-refractivity contribution in [2.45, 2.75) is 26.2 Å². The van der Waals surface area contributed by atoms with E-state index in [1.165, 1.54) is 0 Å². The Labute approximate surface area is 91.5 Å². The van der Waals surface area contributed by atoms with Crippen LogP contribution in [0.1, 0.15) is 26.5 Å². The fourth-order valence-electron chi connectivity index (χ4n) is 1.52. The molecule has 3 nitrogen and oxygen atoms in total. The lowest BCUT2D eigenvalue weighted by atomic mass is 9.92. The van der Waals surface area contributed by atoms with Crippen LogP contribution in [0.25, 0.3) is 6.08 Å². The second-order valence-electron chi connectivity index (χ2n) is 4.55. The molecular formula is C11H14N2OS. The zero-order chi connectivity index (χ0) is 11.1. The maximum atomic E-state index is 11.6. The Bertz CT molecular complexity index is 590. The summed E-state index contributed by atoms with van der Waals surface area (Å²) in [6.45, 7) is 6.30. The average molecular weight is 222 g/mol. The lowest BCUT2D eigenvalue weighted by Crippen LogP contribution is -2.34. The molecule has 0 spiro atoms. The molecule has 1 aromatic heterocycles. The lowest BCUT2D eigenvalue weighted by Gasteiger charge is -2.17. The Kier molecular flexibility index (Phi) is 2.38. The highest BCUT2D eigenvalue weighted by molar-refractivity contribution is 7.94. The van der Waals surface area contributed by atoms with E-state index < -0.39 is 0 Å². The average Bonchev–Trinajstić information content (AvgIpc) is 2.17. The van der Waals surface area contributed by atoms with Gasteiger partial charge in [0.1, 0.15) is 0 Å². The molecule has 0 bridgehead atoms. The van der Waals surface area contributed by atoms with Gasteiger partial charge in [0, 0.05) is 9.93 Å². The number of aromatic amines is 1. The van der Waals surface area contributed by atoms with E-state index in [0.29, 0.717) is 0 Å². The molecule has 0 amide bonds. The minimum absolute atomic E-state index is 0.0414. The molecule has 80 valence electrons. The number of allylic oxidation sites excluding steroid dienone is 1. The van der Waals surface area contributed by atoms with Crippen molar-refractivity contribution < 1.29 is 0 Å². The quantitative estimate of drug-likeness (QED) is 0.510. The summed E-state index contributed by atoms with van der Waals surface area (Å²) < 4.78 is 1.04. The monoisotopic (exact) mass is 222 g/mol. The fraction of sp³-hybridized carbons (Fsp3) is 0.364. The summed E-state index contributed by atoms with van der Waals surface area (Å²) >= 11 is 1.05. The van der Waals surface area contributed by atoms with Crippen LogP contribution in [0.3, 0.4) is 0 Å². The van der Waals surface area contributed by atoms with Crippen LogP contribution in [0.5, 0.6) is 0 Å². The molecule has 1 aromatic rings. The van der Waals surface area contributed by atoms with Gasteiger partial charge < -0.3 is 0 Å². The van der Waals surface area contributed by atoms with Crippen LogP contribution in [0.4, 0.5) is 0 Å². The summed E-state index contributed by atoms with van der Waals surface area (Å²) in [5, 5.41) is 9.50. The summed E-state index contributed by atoms with van der Waals surface area (Å²) in [6, 6.07) is 0. The second kappa shape index (κ2) is 3.45. The standard InChI is InChI=1S/C11H14N2OS/c1-11(2,3)9-8-7(5-4-6-15-8)10(14)13-12-9/h4-6,15H,1-3H3,(H,13,14). The van der Waals surface area contributed by atoms with E-state index >= 15 is 0 Å². The number of hydrogen-bond acceptors (Lipinski definition) is 2. The number of thiol groups is 1. The molecular weight excluding hydrogens is 208 g/mol. The summed E-state index contributed by atoms with van der Waals surface area (Å²) in [5.41, 5.74) is 0.828. The minimum atomic E-state index is -0.102. The SMILES string of the molecule is CC(C)(C)c1n[nH]c(=O)c2c1=[SH]C=CC=2. The molecule has 15 heavy (non-hydrogen) atoms. The minimum Gasteiger partial charge on any atom is -0.267 e. The smallest absolute Gasteiger partial charge is 0.267 e. The van der Waals surface area contributed by atoms with Crippen molar-refractivity contribution in [3.8, 4) is 0 Å². The molecule has 0 aliphatic carbocycles. The predicted octanol–water partition coefficient (Wildman–Crippen LogP) is 1.09. The van der Waals surface area contributed by atoms with Gasteiger partial charge in [-0.15, -0.1) is 0 Å². The largest absolute Gasteiger partial charge is 0.272 e. The third-order valence-corrected chi connectivity index (χ3v) is 3.29. The topological polar surface area (TPSA) is 45.8 Å². The number of aromatic nitrogens is 2. The normalized spacial score (nSPS) is 14.6.